The van der Waals surface area contributed by atoms with E-state index < -0.39 is 52.9 Å². The maximum atomic E-state index is 13.3. The second kappa shape index (κ2) is 5.80. The van der Waals surface area contributed by atoms with Gasteiger partial charge >= 0.3 is 11.9 Å². The zero-order valence-corrected chi connectivity index (χ0v) is 9.63. The van der Waals surface area contributed by atoms with Crippen LogP contribution in [0.3, 0.4) is 0 Å². The third-order valence-corrected chi connectivity index (χ3v) is 2.17. The number of halogens is 5. The van der Waals surface area contributed by atoms with Crippen molar-refractivity contribution in [2.75, 3.05) is 6.54 Å². The molecule has 5 nitrogen and oxygen atoms in total. The van der Waals surface area contributed by atoms with E-state index in [9.17, 15) is 36.9 Å². The van der Waals surface area contributed by atoms with Crippen LogP contribution in [-0.2, 0) is 0 Å². The van der Waals surface area contributed by atoms with Crippen LogP contribution in [0, 0.1) is 21.7 Å². The summed E-state index contributed by atoms with van der Waals surface area (Å²) in [4.78, 5) is 20.4. The Hall–Kier alpha value is -2.26. The number of nitrogens with one attached hydrogen (secondary N) is 1. The molecule has 1 aromatic rings. The molecule has 0 saturated heterocycles. The average molecular weight is 298 g/mol. The lowest BCUT2D eigenvalue weighted by Crippen LogP contribution is -2.28. The molecule has 0 radical (unpaired) electrons. The number of hydrogen-bond acceptors (Lipinski definition) is 3. The predicted octanol–water partition coefficient (Wildman–Crippen LogP) is 2.56. The fourth-order valence-corrected chi connectivity index (χ4v) is 1.26. The third-order valence-electron chi connectivity index (χ3n) is 2.17. The van der Waals surface area contributed by atoms with E-state index in [0.29, 0.717) is 0 Å². The van der Waals surface area contributed by atoms with Crippen LogP contribution in [0.4, 0.5) is 27.6 Å². The summed E-state index contributed by atoms with van der Waals surface area (Å²) in [6.45, 7) is -0.819. The van der Waals surface area contributed by atoms with Gasteiger partial charge in [0, 0.05) is 6.54 Å². The minimum Gasteiger partial charge on any atom is -0.352 e. The lowest BCUT2D eigenvalue weighted by Gasteiger charge is -2.08. The highest BCUT2D eigenvalue weighted by molar-refractivity contribution is 5.94. The first-order valence-corrected chi connectivity index (χ1v) is 5.10. The third kappa shape index (κ3) is 4.14. The summed E-state index contributed by atoms with van der Waals surface area (Å²) < 4.78 is 62.0. The smallest absolute Gasteiger partial charge is 0.352 e. The van der Waals surface area contributed by atoms with Gasteiger partial charge in [-0.05, 0) is 6.07 Å². The summed E-state index contributed by atoms with van der Waals surface area (Å²) in [5.41, 5.74) is -2.08. The summed E-state index contributed by atoms with van der Waals surface area (Å²) in [5, 5.41) is 12.0. The Labute approximate surface area is 108 Å². The van der Waals surface area contributed by atoms with Gasteiger partial charge in [-0.2, -0.15) is 17.6 Å². The van der Waals surface area contributed by atoms with Crippen LogP contribution in [-0.4, -0.2) is 23.6 Å². The van der Waals surface area contributed by atoms with Gasteiger partial charge in [-0.25, -0.2) is 4.39 Å². The van der Waals surface area contributed by atoms with Crippen LogP contribution in [0.25, 0.3) is 0 Å². The largest absolute Gasteiger partial charge is 0.390 e. The first-order chi connectivity index (χ1) is 9.11. The Bertz CT molecular complexity index is 544. The quantitative estimate of drug-likeness (QED) is 0.527. The van der Waals surface area contributed by atoms with Gasteiger partial charge < -0.3 is 5.32 Å². The van der Waals surface area contributed by atoms with E-state index in [1.165, 1.54) is 0 Å². The molecule has 10 heteroatoms. The Morgan fingerprint density at radius 3 is 2.35 bits per heavy atom. The van der Waals surface area contributed by atoms with Crippen LogP contribution < -0.4 is 5.32 Å². The van der Waals surface area contributed by atoms with Gasteiger partial charge in [-0.15, -0.1) is 0 Å². The van der Waals surface area contributed by atoms with Gasteiger partial charge in [-0.3, -0.25) is 14.9 Å². The summed E-state index contributed by atoms with van der Waals surface area (Å²) in [6.07, 6.45) is -5.84. The molecular formula is C10H7F5N2O3. The fraction of sp³-hybridized carbons (Fsp3) is 0.300. The van der Waals surface area contributed by atoms with Gasteiger partial charge in [0.15, 0.2) is 0 Å². The van der Waals surface area contributed by atoms with Crippen molar-refractivity contribution in [1.82, 2.24) is 5.32 Å². The highest BCUT2D eigenvalue weighted by Crippen LogP contribution is 2.22. The minimum atomic E-state index is -4.51. The maximum absolute atomic E-state index is 13.3. The first kappa shape index (κ1) is 15.8. The summed E-state index contributed by atoms with van der Waals surface area (Å²) in [6, 6.07) is 0.449. The standard InChI is InChI=1S/C10H7F5N2O3/c11-6-4-8(17(19)20)7(12)3-5(6)9(18)16-2-1-10(13,14)15/h3-4H,1-2H2,(H,16,18). The van der Waals surface area contributed by atoms with Crippen molar-refractivity contribution >= 4 is 11.6 Å². The van der Waals surface area contributed by atoms with E-state index in [1.807, 2.05) is 0 Å². The minimum absolute atomic E-state index is 0.188. The molecule has 1 rings (SSSR count). The number of benzene rings is 1. The van der Waals surface area contributed by atoms with Crippen LogP contribution in [0.5, 0.6) is 0 Å². The SMILES string of the molecule is O=C(NCCC(F)(F)F)c1cc(F)c([N+](=O)[O-])cc1F. The summed E-state index contributed by atoms with van der Waals surface area (Å²) in [7, 11) is 0. The van der Waals surface area contributed by atoms with Crippen LogP contribution in [0.1, 0.15) is 16.8 Å². The number of alkyl halides is 3. The normalized spacial score (nSPS) is 11.2. The molecule has 0 bridgehead atoms. The zero-order valence-electron chi connectivity index (χ0n) is 9.63. The topological polar surface area (TPSA) is 72.2 Å². The number of carbonyl (C=O) groups excluding carboxylic acids is 1. The molecule has 20 heavy (non-hydrogen) atoms. The highest BCUT2D eigenvalue weighted by Gasteiger charge is 2.27. The second-order valence-corrected chi connectivity index (χ2v) is 3.66. The van der Waals surface area contributed by atoms with E-state index in [2.05, 4.69) is 0 Å². The Morgan fingerprint density at radius 2 is 1.85 bits per heavy atom. The van der Waals surface area contributed by atoms with Crippen molar-refractivity contribution < 1.29 is 31.7 Å². The molecule has 0 aromatic heterocycles. The van der Waals surface area contributed by atoms with Crippen LogP contribution >= 0.6 is 0 Å². The molecule has 110 valence electrons. The Morgan fingerprint density at radius 1 is 1.25 bits per heavy atom. The molecule has 1 N–H and O–H groups in total. The van der Waals surface area contributed by atoms with Crippen molar-refractivity contribution in [2.45, 2.75) is 12.6 Å². The number of nitrogens with zero attached hydrogens (tertiary/aromatic N) is 1. The molecule has 1 aromatic carbocycles. The van der Waals surface area contributed by atoms with Crippen LogP contribution in [0.2, 0.25) is 0 Å². The number of rotatable bonds is 4. The second-order valence-electron chi connectivity index (χ2n) is 3.66. The predicted molar refractivity (Wildman–Crippen MR) is 56.0 cm³/mol. The van der Waals surface area contributed by atoms with Crippen LogP contribution in [0.15, 0.2) is 12.1 Å². The van der Waals surface area contributed by atoms with E-state index in [-0.39, 0.29) is 12.1 Å². The van der Waals surface area contributed by atoms with E-state index >= 15 is 0 Å². The summed E-state index contributed by atoms with van der Waals surface area (Å²) >= 11 is 0. The van der Waals surface area contributed by atoms with Crippen molar-refractivity contribution in [3.63, 3.8) is 0 Å². The first-order valence-electron chi connectivity index (χ1n) is 5.10. The fourth-order valence-electron chi connectivity index (χ4n) is 1.26. The Kier molecular flexibility index (Phi) is 4.58. The van der Waals surface area contributed by atoms with Gasteiger partial charge in [0.1, 0.15) is 5.82 Å². The van der Waals surface area contributed by atoms with Crippen molar-refractivity contribution in [1.29, 1.82) is 0 Å². The van der Waals surface area contributed by atoms with Crippen molar-refractivity contribution in [3.8, 4) is 0 Å². The van der Waals surface area contributed by atoms with E-state index in [0.717, 1.165) is 0 Å². The maximum Gasteiger partial charge on any atom is 0.390 e. The van der Waals surface area contributed by atoms with Gasteiger partial charge in [0.05, 0.1) is 23.0 Å². The molecular weight excluding hydrogens is 291 g/mol. The molecule has 0 fully saturated rings. The van der Waals surface area contributed by atoms with Gasteiger partial charge in [0.25, 0.3) is 5.91 Å². The van der Waals surface area contributed by atoms with Gasteiger partial charge in [-0.1, -0.05) is 0 Å². The average Bonchev–Trinajstić information content (AvgIpc) is 2.29. The van der Waals surface area contributed by atoms with Gasteiger partial charge in [0.2, 0.25) is 5.82 Å². The monoisotopic (exact) mass is 298 g/mol. The number of nitro benzene ring substituents is 1. The molecule has 0 saturated carbocycles. The number of nitro groups is 1. The Balaban J connectivity index is 2.84. The zero-order chi connectivity index (χ0) is 15.5. The van der Waals surface area contributed by atoms with E-state index in [1.54, 1.807) is 5.32 Å². The molecule has 0 heterocycles. The lowest BCUT2D eigenvalue weighted by atomic mass is 10.1. The molecule has 1 amide bonds. The van der Waals surface area contributed by atoms with E-state index in [4.69, 9.17) is 0 Å². The number of hydrogen-bond donors (Lipinski definition) is 1. The van der Waals surface area contributed by atoms with Crippen molar-refractivity contribution in [2.24, 2.45) is 0 Å². The summed E-state index contributed by atoms with van der Waals surface area (Å²) in [5.74, 6) is -4.15. The van der Waals surface area contributed by atoms with Crippen molar-refractivity contribution in [3.05, 3.63) is 39.4 Å². The number of carbonyl (C=O) groups is 1. The highest BCUT2D eigenvalue weighted by atomic mass is 19.4. The number of amides is 1. The molecule has 0 spiro atoms. The molecule has 0 aliphatic carbocycles. The molecule has 0 atom stereocenters. The molecule has 0 unspecified atom stereocenters. The molecule has 0 aliphatic rings. The lowest BCUT2D eigenvalue weighted by molar-refractivity contribution is -0.387. The molecule has 0 aliphatic heterocycles.